The van der Waals surface area contributed by atoms with Crippen LogP contribution >= 0.6 is 45.3 Å². The van der Waals surface area contributed by atoms with E-state index in [1.54, 1.807) is 33.4 Å². The third-order valence-electron chi connectivity index (χ3n) is 6.47. The molecule has 168 valence electrons. The summed E-state index contributed by atoms with van der Waals surface area (Å²) in [5, 5.41) is 4.61. The van der Waals surface area contributed by atoms with Gasteiger partial charge in [-0.2, -0.15) is 0 Å². The number of aromatic nitrogens is 1. The lowest BCUT2D eigenvalue weighted by Crippen LogP contribution is -2.24. The van der Waals surface area contributed by atoms with Crippen molar-refractivity contribution < 1.29 is 19.2 Å². The lowest BCUT2D eigenvalue weighted by atomic mass is 10.1. The van der Waals surface area contributed by atoms with Gasteiger partial charge in [-0.3, -0.25) is 29.0 Å². The molecule has 7 nitrogen and oxygen atoms in total. The maximum absolute atomic E-state index is 12.7. The van der Waals surface area contributed by atoms with Crippen molar-refractivity contribution in [2.75, 3.05) is 14.1 Å². The molecule has 5 aromatic rings. The highest BCUT2D eigenvalue weighted by atomic mass is 32.1. The third kappa shape index (κ3) is 2.30. The van der Waals surface area contributed by atoms with Crippen LogP contribution in [0.4, 0.5) is 0 Å². The number of carbonyl (C=O) groups excluding carboxylic acids is 4. The van der Waals surface area contributed by atoms with Gasteiger partial charge in [0.1, 0.15) is 4.83 Å². The van der Waals surface area contributed by atoms with Crippen LogP contribution in [0.25, 0.3) is 39.9 Å². The molecule has 2 aliphatic rings. The van der Waals surface area contributed by atoms with Crippen LogP contribution in [0.5, 0.6) is 0 Å². The van der Waals surface area contributed by atoms with Crippen LogP contribution in [0, 0.1) is 0 Å². The Balaban J connectivity index is 1.39. The number of imide groups is 2. The standard InChI is InChI=1S/C23H13N3O4S4/c1-24-11-5-13(18-15-10(7-32-18)20(28)26(3)22(15)30)33-16(11)8-4-12(34-23(8)24)17-14-9(6-31-17)19(27)25(2)21(14)29/h4-7H,1-3H3. The van der Waals surface area contributed by atoms with Gasteiger partial charge in [0.05, 0.1) is 42.2 Å². The number of nitrogens with zero attached hydrogens (tertiary/aromatic N) is 3. The zero-order valence-corrected chi connectivity index (χ0v) is 21.2. The molecule has 0 saturated heterocycles. The maximum atomic E-state index is 12.7. The van der Waals surface area contributed by atoms with Crippen molar-refractivity contribution in [2.45, 2.75) is 0 Å². The monoisotopic (exact) mass is 523 g/mol. The molecule has 0 aromatic carbocycles. The number of aryl methyl sites for hydroxylation is 1. The molecule has 0 N–H and O–H groups in total. The number of rotatable bonds is 2. The van der Waals surface area contributed by atoms with E-state index in [-0.39, 0.29) is 23.6 Å². The minimum Gasteiger partial charge on any atom is -0.335 e. The Labute approximate surface area is 208 Å². The Morgan fingerprint density at radius 3 is 1.76 bits per heavy atom. The van der Waals surface area contributed by atoms with Gasteiger partial charge in [0.25, 0.3) is 23.6 Å². The molecule has 0 bridgehead atoms. The summed E-state index contributed by atoms with van der Waals surface area (Å²) in [4.78, 5) is 56.9. The van der Waals surface area contributed by atoms with Crippen molar-refractivity contribution in [1.82, 2.24) is 14.4 Å². The quantitative estimate of drug-likeness (QED) is 0.292. The molecule has 0 unspecified atom stereocenters. The van der Waals surface area contributed by atoms with E-state index in [9.17, 15) is 19.2 Å². The van der Waals surface area contributed by atoms with E-state index in [1.807, 2.05) is 7.05 Å². The number of hydrogen-bond donors (Lipinski definition) is 0. The van der Waals surface area contributed by atoms with Crippen LogP contribution in [0.2, 0.25) is 0 Å². The largest absolute Gasteiger partial charge is 0.335 e. The maximum Gasteiger partial charge on any atom is 0.262 e. The first kappa shape index (κ1) is 20.3. The number of fused-ring (bicyclic) bond motifs is 5. The van der Waals surface area contributed by atoms with Gasteiger partial charge < -0.3 is 4.57 Å². The minimum atomic E-state index is -0.257. The van der Waals surface area contributed by atoms with Crippen LogP contribution in [-0.4, -0.2) is 52.1 Å². The van der Waals surface area contributed by atoms with Crippen LogP contribution in [-0.2, 0) is 7.05 Å². The van der Waals surface area contributed by atoms with Crippen LogP contribution in [0.3, 0.4) is 0 Å². The fraction of sp³-hybridized carbons (Fsp3) is 0.130. The first-order valence-corrected chi connectivity index (χ1v) is 13.6. The van der Waals surface area contributed by atoms with E-state index in [0.29, 0.717) is 22.3 Å². The molecular weight excluding hydrogens is 511 g/mol. The summed E-state index contributed by atoms with van der Waals surface area (Å²) in [6.45, 7) is 0. The van der Waals surface area contributed by atoms with Crippen molar-refractivity contribution in [3.05, 3.63) is 45.1 Å². The lowest BCUT2D eigenvalue weighted by molar-refractivity contribution is 0.0678. The van der Waals surface area contributed by atoms with Crippen molar-refractivity contribution in [2.24, 2.45) is 7.05 Å². The molecule has 0 aliphatic carbocycles. The van der Waals surface area contributed by atoms with E-state index in [0.717, 1.165) is 39.9 Å². The second kappa shape index (κ2) is 6.51. The second-order valence-electron chi connectivity index (χ2n) is 8.26. The Kier molecular flexibility index (Phi) is 3.88. The third-order valence-corrected chi connectivity index (χ3v) is 11.2. The molecule has 7 rings (SSSR count). The van der Waals surface area contributed by atoms with Gasteiger partial charge in [0.2, 0.25) is 0 Å². The topological polar surface area (TPSA) is 79.7 Å². The molecule has 0 spiro atoms. The molecular formula is C23H13N3O4S4. The molecule has 5 aromatic heterocycles. The van der Waals surface area contributed by atoms with E-state index in [4.69, 9.17) is 0 Å². The highest BCUT2D eigenvalue weighted by molar-refractivity contribution is 7.29. The zero-order valence-electron chi connectivity index (χ0n) is 17.9. The molecule has 11 heteroatoms. The smallest absolute Gasteiger partial charge is 0.262 e. The van der Waals surface area contributed by atoms with Crippen LogP contribution < -0.4 is 0 Å². The molecule has 2 aliphatic heterocycles. The van der Waals surface area contributed by atoms with E-state index in [1.165, 1.54) is 46.6 Å². The molecule has 0 saturated carbocycles. The van der Waals surface area contributed by atoms with E-state index in [2.05, 4.69) is 16.7 Å². The van der Waals surface area contributed by atoms with Gasteiger partial charge in [-0.05, 0) is 12.1 Å². The fourth-order valence-electron chi connectivity index (χ4n) is 4.65. The van der Waals surface area contributed by atoms with Crippen molar-refractivity contribution in [3.63, 3.8) is 0 Å². The minimum absolute atomic E-state index is 0.254. The summed E-state index contributed by atoms with van der Waals surface area (Å²) < 4.78 is 3.22. The summed E-state index contributed by atoms with van der Waals surface area (Å²) in [6.07, 6.45) is 0. The molecule has 0 fully saturated rings. The predicted molar refractivity (Wildman–Crippen MR) is 136 cm³/mol. The van der Waals surface area contributed by atoms with Crippen molar-refractivity contribution >= 4 is 89.4 Å². The molecule has 0 radical (unpaired) electrons. The van der Waals surface area contributed by atoms with Crippen molar-refractivity contribution in [1.29, 1.82) is 0 Å². The van der Waals surface area contributed by atoms with Gasteiger partial charge in [-0.1, -0.05) is 0 Å². The zero-order chi connectivity index (χ0) is 23.6. The summed E-state index contributed by atoms with van der Waals surface area (Å²) in [5.41, 5.74) is 3.00. The van der Waals surface area contributed by atoms with Crippen molar-refractivity contribution in [3.8, 4) is 19.5 Å². The van der Waals surface area contributed by atoms with Crippen LogP contribution in [0.15, 0.2) is 22.9 Å². The van der Waals surface area contributed by atoms with Gasteiger partial charge in [0, 0.05) is 47.0 Å². The summed E-state index contributed by atoms with van der Waals surface area (Å²) >= 11 is 6.05. The average molecular weight is 524 g/mol. The highest BCUT2D eigenvalue weighted by Gasteiger charge is 2.38. The Hall–Kier alpha value is -3.12. The molecule has 0 atom stereocenters. The first-order valence-electron chi connectivity index (χ1n) is 10.2. The van der Waals surface area contributed by atoms with Gasteiger partial charge in [0.15, 0.2) is 0 Å². The SMILES string of the molecule is CN1C(=O)c2csc(-c3cc4c(s3)c3cc(-c5scc6c5C(=O)N(C)C6=O)sc3n4C)c2C1=O. The average Bonchev–Trinajstić information content (AvgIpc) is 3.65. The van der Waals surface area contributed by atoms with E-state index >= 15 is 0 Å². The van der Waals surface area contributed by atoms with Gasteiger partial charge in [-0.15, -0.1) is 45.3 Å². The molecule has 4 amide bonds. The van der Waals surface area contributed by atoms with E-state index < -0.39 is 0 Å². The molecule has 7 heterocycles. The number of hydrogen-bond acceptors (Lipinski definition) is 8. The Morgan fingerprint density at radius 1 is 0.676 bits per heavy atom. The summed E-state index contributed by atoms with van der Waals surface area (Å²) in [6, 6.07) is 4.17. The summed E-state index contributed by atoms with van der Waals surface area (Å²) in [7, 11) is 5.03. The Morgan fingerprint density at radius 2 is 1.21 bits per heavy atom. The van der Waals surface area contributed by atoms with Crippen LogP contribution in [0.1, 0.15) is 41.4 Å². The number of thiophene rings is 4. The number of carbonyl (C=O) groups is 4. The predicted octanol–water partition coefficient (Wildman–Crippen LogP) is 5.36. The summed E-state index contributed by atoms with van der Waals surface area (Å²) in [5.74, 6) is -1.02. The highest BCUT2D eigenvalue weighted by Crippen LogP contribution is 2.49. The normalized spacial score (nSPS) is 15.6. The fourth-order valence-corrected chi connectivity index (χ4v) is 9.38. The Bertz CT molecular complexity index is 1660. The second-order valence-corrected chi connectivity index (χ2v) is 12.1. The molecule has 34 heavy (non-hydrogen) atoms. The van der Waals surface area contributed by atoms with Gasteiger partial charge >= 0.3 is 0 Å². The number of amides is 4. The first-order chi connectivity index (χ1) is 16.3. The van der Waals surface area contributed by atoms with Gasteiger partial charge in [-0.25, -0.2) is 0 Å². The lowest BCUT2D eigenvalue weighted by Gasteiger charge is -2.05.